The lowest BCUT2D eigenvalue weighted by Gasteiger charge is -2.36. The van der Waals surface area contributed by atoms with Crippen molar-refractivity contribution in [2.75, 3.05) is 12.5 Å². The predicted molar refractivity (Wildman–Crippen MR) is 113 cm³/mol. The maximum atomic E-state index is 14.2. The van der Waals surface area contributed by atoms with Gasteiger partial charge in [-0.3, -0.25) is 0 Å². The highest BCUT2D eigenvalue weighted by molar-refractivity contribution is 8.32. The first kappa shape index (κ1) is 29.8. The van der Waals surface area contributed by atoms with Crippen LogP contribution in [-0.2, 0) is 18.5 Å². The van der Waals surface area contributed by atoms with E-state index in [9.17, 15) is 52.7 Å². The van der Waals surface area contributed by atoms with Crippen LogP contribution in [-0.4, -0.2) is 50.2 Å². The summed E-state index contributed by atoms with van der Waals surface area (Å²) in [6.45, 7) is 4.73. The first-order chi connectivity index (χ1) is 16.0. The van der Waals surface area contributed by atoms with Gasteiger partial charge in [-0.15, -0.1) is 0 Å². The van der Waals surface area contributed by atoms with Crippen molar-refractivity contribution in [1.82, 2.24) is 0 Å². The number of alkyl halides is 9. The van der Waals surface area contributed by atoms with Crippen LogP contribution in [0, 0.1) is 0 Å². The van der Waals surface area contributed by atoms with E-state index in [2.05, 4.69) is 10.2 Å². The van der Waals surface area contributed by atoms with Gasteiger partial charge in [0, 0.05) is 15.9 Å². The SMILES string of the molecule is C=C(C)C(=O)Oc1ccc(S(C)(C)OS(=O)(=O)C(F)(F)C(F)(F)C(F)(F)C(F)(F)F)c2ccccc12. The van der Waals surface area contributed by atoms with Crippen LogP contribution >= 0.6 is 10.3 Å². The number of hydrogen-bond donors (Lipinski definition) is 0. The number of halogens is 9. The van der Waals surface area contributed by atoms with Gasteiger partial charge in [-0.05, 0) is 37.0 Å². The van der Waals surface area contributed by atoms with E-state index in [1.54, 1.807) is 0 Å². The Kier molecular flexibility index (Phi) is 7.55. The molecule has 0 aliphatic heterocycles. The molecule has 0 aromatic heterocycles. The third-order valence-corrected chi connectivity index (χ3v) is 8.99. The zero-order valence-electron chi connectivity index (χ0n) is 18.4. The molecule has 0 saturated heterocycles. The van der Waals surface area contributed by atoms with Crippen LogP contribution in [0.1, 0.15) is 6.92 Å². The standard InChI is InChI=1S/C20H17F9O5S2/c1-11(2)16(30)33-14-9-10-15(13-8-6-5-7-12(13)14)35(3,4)34-36(31,32)20(28,29)18(23,24)17(21,22)19(25,26)27/h5-10H,1H2,2-4H3. The maximum Gasteiger partial charge on any atom is 0.460 e. The largest absolute Gasteiger partial charge is 0.460 e. The molecule has 36 heavy (non-hydrogen) atoms. The average molecular weight is 572 g/mol. The predicted octanol–water partition coefficient (Wildman–Crippen LogP) is 6.43. The van der Waals surface area contributed by atoms with E-state index in [1.165, 1.54) is 31.2 Å². The van der Waals surface area contributed by atoms with E-state index < -0.39 is 49.7 Å². The van der Waals surface area contributed by atoms with Gasteiger partial charge in [0.15, 0.2) is 0 Å². The fourth-order valence-corrected chi connectivity index (χ4v) is 6.74. The number of ether oxygens (including phenoxy) is 1. The van der Waals surface area contributed by atoms with Crippen molar-refractivity contribution in [2.24, 2.45) is 0 Å². The zero-order chi connectivity index (χ0) is 28.1. The van der Waals surface area contributed by atoms with Crippen LogP contribution in [0.3, 0.4) is 0 Å². The number of carbonyl (C=O) groups excluding carboxylic acids is 1. The molecule has 0 fully saturated rings. The molecule has 2 rings (SSSR count). The molecule has 0 spiro atoms. The second kappa shape index (κ2) is 9.13. The minimum Gasteiger partial charge on any atom is -0.423 e. The summed E-state index contributed by atoms with van der Waals surface area (Å²) in [6.07, 6.45) is -5.50. The molecule has 0 N–H and O–H groups in total. The lowest BCUT2D eigenvalue weighted by Crippen LogP contribution is -2.63. The Morgan fingerprint density at radius 1 is 0.833 bits per heavy atom. The van der Waals surface area contributed by atoms with Crippen LogP contribution in [0.15, 0.2) is 53.4 Å². The number of rotatable bonds is 8. The van der Waals surface area contributed by atoms with E-state index in [4.69, 9.17) is 4.74 Å². The fourth-order valence-electron chi connectivity index (χ4n) is 2.77. The summed E-state index contributed by atoms with van der Waals surface area (Å²) in [6, 6.07) is 7.60. The van der Waals surface area contributed by atoms with Crippen molar-refractivity contribution < 1.29 is 61.1 Å². The van der Waals surface area contributed by atoms with E-state index in [0.717, 1.165) is 24.6 Å². The number of esters is 1. The van der Waals surface area contributed by atoms with Crippen LogP contribution in [0.4, 0.5) is 39.5 Å². The minimum absolute atomic E-state index is 0.00218. The van der Waals surface area contributed by atoms with E-state index >= 15 is 0 Å². The Balaban J connectivity index is 2.59. The van der Waals surface area contributed by atoms with Crippen molar-refractivity contribution >= 4 is 37.2 Å². The topological polar surface area (TPSA) is 69.7 Å². The first-order valence-electron chi connectivity index (χ1n) is 9.30. The first-order valence-corrected chi connectivity index (χ1v) is 13.1. The van der Waals surface area contributed by atoms with Gasteiger partial charge in [0.1, 0.15) is 5.75 Å². The molecular formula is C20H17F9O5S2. The Bertz CT molecular complexity index is 1300. The zero-order valence-corrected chi connectivity index (χ0v) is 20.1. The molecule has 0 radical (unpaired) electrons. The highest BCUT2D eigenvalue weighted by Crippen LogP contribution is 2.60. The smallest absolute Gasteiger partial charge is 0.423 e. The molecule has 0 atom stereocenters. The van der Waals surface area contributed by atoms with E-state index in [1.807, 2.05) is 0 Å². The van der Waals surface area contributed by atoms with Gasteiger partial charge in [0.25, 0.3) is 0 Å². The van der Waals surface area contributed by atoms with Crippen LogP contribution < -0.4 is 4.74 Å². The van der Waals surface area contributed by atoms with E-state index in [0.29, 0.717) is 0 Å². The van der Waals surface area contributed by atoms with Crippen LogP contribution in [0.2, 0.25) is 0 Å². The molecule has 2 aromatic carbocycles. The van der Waals surface area contributed by atoms with Crippen molar-refractivity contribution in [3.05, 3.63) is 48.6 Å². The van der Waals surface area contributed by atoms with Crippen molar-refractivity contribution in [3.63, 3.8) is 0 Å². The molecule has 0 heterocycles. The Hall–Kier alpha value is -2.46. The molecule has 0 aliphatic carbocycles. The monoisotopic (exact) mass is 572 g/mol. The van der Waals surface area contributed by atoms with Gasteiger partial charge in [0.05, 0.1) is 0 Å². The van der Waals surface area contributed by atoms with Crippen molar-refractivity contribution in [2.45, 2.75) is 35.1 Å². The summed E-state index contributed by atoms with van der Waals surface area (Å²) in [5, 5.41) is -6.86. The molecule has 0 unspecified atom stereocenters. The molecule has 5 nitrogen and oxygen atoms in total. The van der Waals surface area contributed by atoms with Crippen molar-refractivity contribution in [1.29, 1.82) is 0 Å². The van der Waals surface area contributed by atoms with Gasteiger partial charge in [0.2, 0.25) is 0 Å². The lowest BCUT2D eigenvalue weighted by molar-refractivity contribution is -0.382. The minimum atomic E-state index is -7.42. The molecule has 0 saturated carbocycles. The molecule has 0 aliphatic rings. The number of hydrogen-bond acceptors (Lipinski definition) is 5. The second-order valence-corrected chi connectivity index (χ2v) is 12.6. The van der Waals surface area contributed by atoms with Gasteiger partial charge in [-0.1, -0.05) is 41.2 Å². The van der Waals surface area contributed by atoms with Gasteiger partial charge in [-0.25, -0.2) is 8.42 Å². The molecule has 0 bridgehead atoms. The normalized spacial score (nSPS) is 14.6. The molecule has 2 aromatic rings. The summed E-state index contributed by atoms with van der Waals surface area (Å²) in [5.74, 6) is -15.8. The molecule has 202 valence electrons. The van der Waals surface area contributed by atoms with E-state index in [-0.39, 0.29) is 27.0 Å². The highest BCUT2D eigenvalue weighted by Gasteiger charge is 2.86. The fraction of sp³-hybridized carbons (Fsp3) is 0.350. The van der Waals surface area contributed by atoms with Crippen LogP contribution in [0.25, 0.3) is 10.8 Å². The highest BCUT2D eigenvalue weighted by atomic mass is 32.3. The second-order valence-electron chi connectivity index (χ2n) is 7.70. The Morgan fingerprint density at radius 3 is 1.81 bits per heavy atom. The maximum absolute atomic E-state index is 14.2. The third-order valence-electron chi connectivity index (χ3n) is 4.61. The summed E-state index contributed by atoms with van der Waals surface area (Å²) in [5.41, 5.74) is 0.00218. The van der Waals surface area contributed by atoms with Crippen LogP contribution in [0.5, 0.6) is 5.75 Å². The molecule has 0 amide bonds. The number of fused-ring (bicyclic) bond motifs is 1. The molecule has 16 heteroatoms. The summed E-state index contributed by atoms with van der Waals surface area (Å²) < 4.78 is 153. The summed E-state index contributed by atoms with van der Waals surface area (Å²) in [7, 11) is -10.7. The van der Waals surface area contributed by atoms with Gasteiger partial charge >= 0.3 is 39.4 Å². The third kappa shape index (κ3) is 4.89. The van der Waals surface area contributed by atoms with Crippen molar-refractivity contribution in [3.8, 4) is 5.75 Å². The lowest BCUT2D eigenvalue weighted by atomic mass is 10.1. The molecular weight excluding hydrogens is 555 g/mol. The Morgan fingerprint density at radius 2 is 1.33 bits per heavy atom. The van der Waals surface area contributed by atoms with Gasteiger partial charge in [-0.2, -0.15) is 47.9 Å². The summed E-state index contributed by atoms with van der Waals surface area (Å²) >= 11 is 0. The quantitative estimate of drug-likeness (QED) is 0.158. The number of benzene rings is 2. The summed E-state index contributed by atoms with van der Waals surface area (Å²) in [4.78, 5) is 11.6. The average Bonchev–Trinajstić information content (AvgIpc) is 2.71. The Labute approximate surface area is 200 Å². The van der Waals surface area contributed by atoms with Gasteiger partial charge < -0.3 is 4.74 Å². The number of carbonyl (C=O) groups is 1.